The van der Waals surface area contributed by atoms with Gasteiger partial charge in [-0.15, -0.1) is 0 Å². The second-order valence-electron chi connectivity index (χ2n) is 1.95. The first-order valence-corrected chi connectivity index (χ1v) is 2.97. The number of carbonyl (C=O) groups is 1. The van der Waals surface area contributed by atoms with Gasteiger partial charge in [-0.25, -0.2) is 0 Å². The second kappa shape index (κ2) is 8.49. The molecular formula is C6H11NaO4. The smallest absolute Gasteiger partial charge is 0.548 e. The van der Waals surface area contributed by atoms with Crippen LogP contribution in [0.25, 0.3) is 0 Å². The van der Waals surface area contributed by atoms with E-state index in [1.54, 1.807) is 6.92 Å². The van der Waals surface area contributed by atoms with Crippen LogP contribution in [0.5, 0.6) is 0 Å². The third-order valence-corrected chi connectivity index (χ3v) is 0.887. The molecule has 0 aromatic rings. The zero-order chi connectivity index (χ0) is 7.98. The van der Waals surface area contributed by atoms with Crippen LogP contribution in [-0.2, 0) is 14.3 Å². The molecule has 1 unspecified atom stereocenters. The quantitative estimate of drug-likeness (QED) is 0.392. The van der Waals surface area contributed by atoms with Crippen LogP contribution in [0.2, 0.25) is 0 Å². The number of hydrogen-bond donors (Lipinski definition) is 0. The molecule has 0 N–H and O–H groups in total. The van der Waals surface area contributed by atoms with Gasteiger partial charge in [-0.05, 0) is 6.92 Å². The van der Waals surface area contributed by atoms with Crippen molar-refractivity contribution in [3.05, 3.63) is 0 Å². The fourth-order valence-corrected chi connectivity index (χ4v) is 0.493. The van der Waals surface area contributed by atoms with Gasteiger partial charge < -0.3 is 19.4 Å². The summed E-state index contributed by atoms with van der Waals surface area (Å²) >= 11 is 0. The van der Waals surface area contributed by atoms with Gasteiger partial charge in [0, 0.05) is 7.11 Å². The van der Waals surface area contributed by atoms with Crippen molar-refractivity contribution in [1.29, 1.82) is 0 Å². The van der Waals surface area contributed by atoms with Crippen LogP contribution in [0.1, 0.15) is 6.92 Å². The minimum Gasteiger partial charge on any atom is -0.548 e. The van der Waals surface area contributed by atoms with Crippen molar-refractivity contribution >= 4 is 5.97 Å². The Morgan fingerprint density at radius 1 is 1.64 bits per heavy atom. The molecule has 0 spiro atoms. The molecule has 0 heterocycles. The van der Waals surface area contributed by atoms with E-state index in [1.165, 1.54) is 7.11 Å². The molecule has 0 aliphatic heterocycles. The number of rotatable bonds is 5. The van der Waals surface area contributed by atoms with E-state index in [-0.39, 0.29) is 42.3 Å². The molecule has 4 nitrogen and oxygen atoms in total. The Bertz CT molecular complexity index is 107. The largest absolute Gasteiger partial charge is 1.00 e. The van der Waals surface area contributed by atoms with Crippen molar-refractivity contribution < 1.29 is 48.9 Å². The molecule has 0 fully saturated rings. The van der Waals surface area contributed by atoms with Crippen LogP contribution in [0.15, 0.2) is 0 Å². The molecule has 0 bridgehead atoms. The van der Waals surface area contributed by atoms with Gasteiger partial charge in [0.05, 0.1) is 25.3 Å². The molecule has 0 radical (unpaired) electrons. The number of carboxylic acids is 1. The zero-order valence-corrected chi connectivity index (χ0v) is 9.12. The molecule has 0 amide bonds. The molecule has 0 saturated carbocycles. The summed E-state index contributed by atoms with van der Waals surface area (Å²) in [4.78, 5) is 9.83. The average Bonchev–Trinajstić information content (AvgIpc) is 1.85. The summed E-state index contributed by atoms with van der Waals surface area (Å²) in [6.07, 6.45) is -0.192. The molecular weight excluding hydrogens is 159 g/mol. The Labute approximate surface area is 88.2 Å². The molecule has 11 heavy (non-hydrogen) atoms. The van der Waals surface area contributed by atoms with E-state index in [0.29, 0.717) is 6.61 Å². The van der Waals surface area contributed by atoms with Gasteiger partial charge in [0.25, 0.3) is 0 Å². The SMILES string of the molecule is COCC(C)OCC(=O)[O-].[Na+]. The van der Waals surface area contributed by atoms with Crippen LogP contribution in [0, 0.1) is 0 Å². The minimum absolute atomic E-state index is 0. The Morgan fingerprint density at radius 2 is 2.18 bits per heavy atom. The Balaban J connectivity index is 0. The topological polar surface area (TPSA) is 58.6 Å². The van der Waals surface area contributed by atoms with Gasteiger partial charge in [-0.3, -0.25) is 0 Å². The second-order valence-corrected chi connectivity index (χ2v) is 1.95. The first-order chi connectivity index (χ1) is 4.66. The van der Waals surface area contributed by atoms with Crippen molar-refractivity contribution in [2.45, 2.75) is 13.0 Å². The van der Waals surface area contributed by atoms with Gasteiger partial charge in [-0.1, -0.05) is 0 Å². The summed E-state index contributed by atoms with van der Waals surface area (Å²) in [6.45, 7) is 1.75. The van der Waals surface area contributed by atoms with Crippen molar-refractivity contribution in [2.24, 2.45) is 0 Å². The molecule has 0 saturated heterocycles. The summed E-state index contributed by atoms with van der Waals surface area (Å²) in [5.74, 6) is -1.21. The third kappa shape index (κ3) is 10.4. The van der Waals surface area contributed by atoms with Gasteiger partial charge >= 0.3 is 29.6 Å². The minimum atomic E-state index is -1.21. The van der Waals surface area contributed by atoms with E-state index in [1.807, 2.05) is 0 Å². The predicted octanol–water partition coefficient (Wildman–Crippen LogP) is -4.21. The van der Waals surface area contributed by atoms with Crippen molar-refractivity contribution in [3.8, 4) is 0 Å². The maximum Gasteiger partial charge on any atom is 1.00 e. The summed E-state index contributed by atoms with van der Waals surface area (Å²) in [5, 5.41) is 9.83. The predicted molar refractivity (Wildman–Crippen MR) is 32.3 cm³/mol. The van der Waals surface area contributed by atoms with Crippen LogP contribution < -0.4 is 34.7 Å². The van der Waals surface area contributed by atoms with Crippen molar-refractivity contribution in [3.63, 3.8) is 0 Å². The van der Waals surface area contributed by atoms with E-state index in [9.17, 15) is 9.90 Å². The summed E-state index contributed by atoms with van der Waals surface area (Å²) < 4.78 is 9.45. The first-order valence-electron chi connectivity index (χ1n) is 2.97. The molecule has 5 heteroatoms. The first kappa shape index (κ1) is 13.9. The van der Waals surface area contributed by atoms with Gasteiger partial charge in [0.2, 0.25) is 0 Å². The van der Waals surface area contributed by atoms with E-state index in [4.69, 9.17) is 9.47 Å². The van der Waals surface area contributed by atoms with Gasteiger partial charge in [-0.2, -0.15) is 0 Å². The molecule has 0 aliphatic rings. The Hall–Kier alpha value is 0.390. The van der Waals surface area contributed by atoms with Crippen LogP contribution in [0.3, 0.4) is 0 Å². The van der Waals surface area contributed by atoms with E-state index in [0.717, 1.165) is 0 Å². The van der Waals surface area contributed by atoms with Crippen LogP contribution >= 0.6 is 0 Å². The zero-order valence-electron chi connectivity index (χ0n) is 7.12. The monoisotopic (exact) mass is 170 g/mol. The van der Waals surface area contributed by atoms with E-state index >= 15 is 0 Å². The number of aliphatic carboxylic acids is 1. The Morgan fingerprint density at radius 3 is 2.55 bits per heavy atom. The molecule has 0 aromatic heterocycles. The fraction of sp³-hybridized carbons (Fsp3) is 0.833. The molecule has 0 aliphatic carbocycles. The fourth-order valence-electron chi connectivity index (χ4n) is 0.493. The van der Waals surface area contributed by atoms with E-state index in [2.05, 4.69) is 0 Å². The molecule has 1 atom stereocenters. The number of carboxylic acid groups (broad SMARTS) is 1. The summed E-state index contributed by atoms with van der Waals surface area (Å²) in [5.41, 5.74) is 0. The number of carbonyl (C=O) groups excluding carboxylic acids is 1. The summed E-state index contributed by atoms with van der Waals surface area (Å²) in [6, 6.07) is 0. The maximum atomic E-state index is 9.83. The maximum absolute atomic E-state index is 9.83. The third-order valence-electron chi connectivity index (χ3n) is 0.887. The van der Waals surface area contributed by atoms with Gasteiger partial charge in [0.1, 0.15) is 0 Å². The van der Waals surface area contributed by atoms with Crippen LogP contribution in [-0.4, -0.2) is 32.4 Å². The standard InChI is InChI=1S/C6H12O4.Na/c1-5(3-9-2)10-4-6(7)8;/h5H,3-4H2,1-2H3,(H,7,8);/q;+1/p-1. The van der Waals surface area contributed by atoms with Crippen LogP contribution in [0.4, 0.5) is 0 Å². The molecule has 60 valence electrons. The van der Waals surface area contributed by atoms with Crippen molar-refractivity contribution in [2.75, 3.05) is 20.3 Å². The van der Waals surface area contributed by atoms with E-state index < -0.39 is 5.97 Å². The normalized spacial score (nSPS) is 11.8. The van der Waals surface area contributed by atoms with Gasteiger partial charge in [0.15, 0.2) is 0 Å². The molecule has 0 rings (SSSR count). The van der Waals surface area contributed by atoms with Crippen molar-refractivity contribution in [1.82, 2.24) is 0 Å². The number of hydrogen-bond acceptors (Lipinski definition) is 4. The summed E-state index contributed by atoms with van der Waals surface area (Å²) in [7, 11) is 1.53. The average molecular weight is 170 g/mol. The number of methoxy groups -OCH3 is 1. The number of ether oxygens (including phenoxy) is 2. The Kier molecular flexibility index (Phi) is 10.8. The molecule has 0 aromatic carbocycles.